The second-order valence-corrected chi connectivity index (χ2v) is 7.75. The second-order valence-electron chi connectivity index (χ2n) is 6.74. The number of benzene rings is 1. The summed E-state index contributed by atoms with van der Waals surface area (Å²) in [7, 11) is 0. The number of nitrogens with one attached hydrogen (secondary N) is 1. The highest BCUT2D eigenvalue weighted by molar-refractivity contribution is 7.98. The summed E-state index contributed by atoms with van der Waals surface area (Å²) in [6, 6.07) is 13.6. The van der Waals surface area contributed by atoms with Crippen LogP contribution in [0.15, 0.2) is 59.8 Å². The van der Waals surface area contributed by atoms with Gasteiger partial charge in [-0.3, -0.25) is 4.79 Å². The van der Waals surface area contributed by atoms with Crippen molar-refractivity contribution in [3.05, 3.63) is 66.1 Å². The van der Waals surface area contributed by atoms with Crippen LogP contribution in [0.3, 0.4) is 0 Å². The van der Waals surface area contributed by atoms with Gasteiger partial charge >= 0.3 is 0 Å². The van der Waals surface area contributed by atoms with E-state index >= 15 is 0 Å². The largest absolute Gasteiger partial charge is 0.350 e. The first-order chi connectivity index (χ1) is 13.0. The van der Waals surface area contributed by atoms with Gasteiger partial charge in [0.2, 0.25) is 0 Å². The van der Waals surface area contributed by atoms with Gasteiger partial charge in [-0.2, -0.15) is 0 Å². The Hall–Kier alpha value is -2.31. The zero-order valence-corrected chi connectivity index (χ0v) is 16.6. The fraction of sp³-hybridized carbons (Fsp3) is 0.333. The van der Waals surface area contributed by atoms with Crippen molar-refractivity contribution in [3.8, 4) is 0 Å². The zero-order chi connectivity index (χ0) is 19.3. The van der Waals surface area contributed by atoms with Crippen molar-refractivity contribution < 1.29 is 4.79 Å². The third kappa shape index (κ3) is 4.70. The van der Waals surface area contributed by atoms with Crippen molar-refractivity contribution >= 4 is 23.3 Å². The number of aromatic nitrogens is 2. The predicted octanol–water partition coefficient (Wildman–Crippen LogP) is 3.87. The number of imidazole rings is 1. The van der Waals surface area contributed by atoms with E-state index in [0.717, 1.165) is 29.1 Å². The van der Waals surface area contributed by atoms with Gasteiger partial charge in [-0.15, -0.1) is 11.8 Å². The highest BCUT2D eigenvalue weighted by atomic mass is 32.2. The topological polar surface area (TPSA) is 72.4 Å². The number of carbonyl (C=O) groups excluding carboxylic acids is 1. The number of nitrogens with zero attached hydrogens (tertiary/aromatic N) is 2. The van der Waals surface area contributed by atoms with Crippen molar-refractivity contribution in [1.82, 2.24) is 14.7 Å². The van der Waals surface area contributed by atoms with Crippen molar-refractivity contribution in [2.75, 3.05) is 6.54 Å². The normalized spacial score (nSPS) is 11.7. The van der Waals surface area contributed by atoms with Crippen LogP contribution >= 0.6 is 11.8 Å². The number of pyridine rings is 1. The van der Waals surface area contributed by atoms with Crippen LogP contribution in [-0.2, 0) is 5.75 Å². The molecule has 142 valence electrons. The predicted molar refractivity (Wildman–Crippen MR) is 111 cm³/mol. The summed E-state index contributed by atoms with van der Waals surface area (Å²) < 4.78 is 2.00. The lowest BCUT2D eigenvalue weighted by molar-refractivity contribution is 0.0939. The van der Waals surface area contributed by atoms with Crippen molar-refractivity contribution in [2.45, 2.75) is 42.9 Å². The third-order valence-electron chi connectivity index (χ3n) is 4.93. The molecule has 0 radical (unpaired) electrons. The summed E-state index contributed by atoms with van der Waals surface area (Å²) in [5.74, 6) is 0.626. The Morgan fingerprint density at radius 1 is 1.19 bits per heavy atom. The molecule has 5 nitrogen and oxygen atoms in total. The smallest absolute Gasteiger partial charge is 0.252 e. The monoisotopic (exact) mass is 382 g/mol. The maximum absolute atomic E-state index is 12.7. The van der Waals surface area contributed by atoms with Gasteiger partial charge in [-0.1, -0.05) is 32.0 Å². The molecule has 0 saturated carbocycles. The van der Waals surface area contributed by atoms with E-state index in [4.69, 9.17) is 5.73 Å². The van der Waals surface area contributed by atoms with Gasteiger partial charge in [-0.05, 0) is 37.1 Å². The number of nitrogens with two attached hydrogens (primary N) is 1. The van der Waals surface area contributed by atoms with Crippen molar-refractivity contribution in [3.63, 3.8) is 0 Å². The molecule has 0 aliphatic heterocycles. The number of hydrogen-bond donors (Lipinski definition) is 2. The number of thioether (sulfide) groups is 1. The highest BCUT2D eigenvalue weighted by Gasteiger charge is 2.22. The first-order valence-electron chi connectivity index (χ1n) is 9.26. The molecule has 0 bridgehead atoms. The maximum Gasteiger partial charge on any atom is 0.252 e. The minimum atomic E-state index is -0.353. The van der Waals surface area contributed by atoms with Gasteiger partial charge in [0.25, 0.3) is 5.91 Å². The number of amides is 1. The number of fused-ring (bicyclic) bond motifs is 1. The van der Waals surface area contributed by atoms with E-state index in [9.17, 15) is 4.79 Å². The van der Waals surface area contributed by atoms with E-state index in [1.807, 2.05) is 73.1 Å². The molecule has 1 aromatic carbocycles. The van der Waals surface area contributed by atoms with Gasteiger partial charge < -0.3 is 15.5 Å². The summed E-state index contributed by atoms with van der Waals surface area (Å²) in [6.45, 7) is 4.58. The summed E-state index contributed by atoms with van der Waals surface area (Å²) >= 11 is 1.62. The van der Waals surface area contributed by atoms with Gasteiger partial charge in [0.1, 0.15) is 5.65 Å². The van der Waals surface area contributed by atoms with Crippen molar-refractivity contribution in [2.24, 2.45) is 5.73 Å². The van der Waals surface area contributed by atoms with Gasteiger partial charge in [-0.25, -0.2) is 4.98 Å². The van der Waals surface area contributed by atoms with Crippen LogP contribution < -0.4 is 11.1 Å². The fourth-order valence-corrected chi connectivity index (χ4v) is 3.77. The summed E-state index contributed by atoms with van der Waals surface area (Å²) in [5, 5.41) is 3.00. The van der Waals surface area contributed by atoms with Crippen LogP contribution in [0.5, 0.6) is 0 Å². The van der Waals surface area contributed by atoms with E-state index in [2.05, 4.69) is 10.3 Å². The maximum atomic E-state index is 12.7. The average Bonchev–Trinajstić information content (AvgIpc) is 3.13. The molecule has 1 amide bonds. The van der Waals surface area contributed by atoms with E-state index in [0.29, 0.717) is 17.9 Å². The molecule has 2 heterocycles. The second kappa shape index (κ2) is 8.59. The van der Waals surface area contributed by atoms with Gasteiger partial charge in [0.05, 0.1) is 11.3 Å². The molecule has 27 heavy (non-hydrogen) atoms. The molecular formula is C21H26N4OS. The quantitative estimate of drug-likeness (QED) is 0.580. The van der Waals surface area contributed by atoms with Crippen LogP contribution in [0.1, 0.15) is 42.7 Å². The zero-order valence-electron chi connectivity index (χ0n) is 15.8. The van der Waals surface area contributed by atoms with Gasteiger partial charge in [0, 0.05) is 35.1 Å². The minimum Gasteiger partial charge on any atom is -0.350 e. The summed E-state index contributed by atoms with van der Waals surface area (Å²) in [4.78, 5) is 18.3. The molecule has 0 aliphatic rings. The Morgan fingerprint density at radius 2 is 1.93 bits per heavy atom. The molecule has 2 aromatic heterocycles. The molecule has 0 spiro atoms. The lowest BCUT2D eigenvalue weighted by atomic mass is 9.94. The highest BCUT2D eigenvalue weighted by Crippen LogP contribution is 2.26. The first-order valence-corrected chi connectivity index (χ1v) is 10.2. The minimum absolute atomic E-state index is 0.0789. The van der Waals surface area contributed by atoms with Crippen molar-refractivity contribution in [1.29, 1.82) is 0 Å². The molecule has 0 fully saturated rings. The Balaban J connectivity index is 1.69. The molecule has 3 rings (SSSR count). The first kappa shape index (κ1) is 19.5. The molecule has 3 aromatic rings. The third-order valence-corrected chi connectivity index (χ3v) is 6.04. The molecule has 6 heteroatoms. The Bertz CT molecular complexity index is 884. The fourth-order valence-electron chi connectivity index (χ4n) is 2.84. The van der Waals surface area contributed by atoms with Crippen LogP contribution in [0.25, 0.3) is 5.65 Å². The lowest BCUT2D eigenvalue weighted by Crippen LogP contribution is -2.49. The molecule has 0 saturated heterocycles. The van der Waals surface area contributed by atoms with E-state index in [-0.39, 0.29) is 11.4 Å². The molecule has 0 aliphatic carbocycles. The summed E-state index contributed by atoms with van der Waals surface area (Å²) in [6.07, 6.45) is 5.66. The Morgan fingerprint density at radius 3 is 2.67 bits per heavy atom. The van der Waals surface area contributed by atoms with Gasteiger partial charge in [0.15, 0.2) is 0 Å². The van der Waals surface area contributed by atoms with Crippen LogP contribution in [0, 0.1) is 0 Å². The Kier molecular flexibility index (Phi) is 6.19. The van der Waals surface area contributed by atoms with Crippen LogP contribution in [-0.4, -0.2) is 27.4 Å². The lowest BCUT2D eigenvalue weighted by Gasteiger charge is -2.27. The number of rotatable bonds is 8. The SMILES string of the molecule is CCC(N)(CC)CNC(=O)c1ccccc1SCc1cn2ccccc2n1. The number of carbonyl (C=O) groups is 1. The molecule has 0 unspecified atom stereocenters. The Labute approximate surface area is 164 Å². The standard InChI is InChI=1S/C21H26N4OS/c1-3-21(22,4-2)15-23-20(26)17-9-5-6-10-18(17)27-14-16-13-25-12-8-7-11-19(25)24-16/h5-13H,3-4,14-15,22H2,1-2H3,(H,23,26). The average molecular weight is 383 g/mol. The van der Waals surface area contributed by atoms with E-state index in [1.54, 1.807) is 11.8 Å². The molecule has 3 N–H and O–H groups in total. The van der Waals surface area contributed by atoms with Crippen LogP contribution in [0.4, 0.5) is 0 Å². The number of hydrogen-bond acceptors (Lipinski definition) is 4. The molecular weight excluding hydrogens is 356 g/mol. The summed E-state index contributed by atoms with van der Waals surface area (Å²) in [5.41, 5.74) is 8.54. The molecule has 0 atom stereocenters. The van der Waals surface area contributed by atoms with Crippen LogP contribution in [0.2, 0.25) is 0 Å². The van der Waals surface area contributed by atoms with E-state index in [1.165, 1.54) is 0 Å². The van der Waals surface area contributed by atoms with E-state index < -0.39 is 0 Å².